The lowest BCUT2D eigenvalue weighted by molar-refractivity contribution is -0.128. The first kappa shape index (κ1) is 23.1. The van der Waals surface area contributed by atoms with Crippen LogP contribution in [-0.4, -0.2) is 63.6 Å². The van der Waals surface area contributed by atoms with Gasteiger partial charge in [-0.25, -0.2) is 0 Å². The lowest BCUT2D eigenvalue weighted by atomic mass is 9.93. The SMILES string of the molecule is COc1cc(C(=O)N2CCC(CNC(=O)C(C)(C)CCl)CC2)cc(OC)c1OC. The van der Waals surface area contributed by atoms with Gasteiger partial charge in [-0.3, -0.25) is 9.59 Å². The van der Waals surface area contributed by atoms with E-state index in [1.165, 1.54) is 21.3 Å². The van der Waals surface area contributed by atoms with Gasteiger partial charge in [0.05, 0.1) is 26.7 Å². The third kappa shape index (κ3) is 5.47. The van der Waals surface area contributed by atoms with E-state index in [2.05, 4.69) is 5.32 Å². The number of methoxy groups -OCH3 is 3. The van der Waals surface area contributed by atoms with Crippen LogP contribution in [0.15, 0.2) is 12.1 Å². The number of piperidine rings is 1. The number of alkyl halides is 1. The second-order valence-corrected chi connectivity index (χ2v) is 8.14. The average Bonchev–Trinajstić information content (AvgIpc) is 2.75. The molecule has 1 aromatic rings. The van der Waals surface area contributed by atoms with Gasteiger partial charge in [0.2, 0.25) is 11.7 Å². The maximum Gasteiger partial charge on any atom is 0.254 e. The van der Waals surface area contributed by atoms with Crippen LogP contribution < -0.4 is 19.5 Å². The van der Waals surface area contributed by atoms with Crippen molar-refractivity contribution in [2.75, 3.05) is 46.8 Å². The van der Waals surface area contributed by atoms with Crippen LogP contribution in [-0.2, 0) is 4.79 Å². The Bertz CT molecular complexity index is 705. The normalized spacial score (nSPS) is 15.0. The number of nitrogens with zero attached hydrogens (tertiary/aromatic N) is 1. The zero-order valence-corrected chi connectivity index (χ0v) is 18.6. The lowest BCUT2D eigenvalue weighted by Gasteiger charge is -2.33. The third-order valence-corrected chi connectivity index (χ3v) is 5.98. The maximum absolute atomic E-state index is 13.0. The molecule has 0 saturated carbocycles. The Morgan fingerprint density at radius 2 is 1.66 bits per heavy atom. The second-order valence-electron chi connectivity index (χ2n) is 7.88. The van der Waals surface area contributed by atoms with E-state index in [1.807, 2.05) is 18.7 Å². The number of halogens is 1. The smallest absolute Gasteiger partial charge is 0.254 e. The van der Waals surface area contributed by atoms with E-state index in [4.69, 9.17) is 25.8 Å². The molecule has 8 heteroatoms. The van der Waals surface area contributed by atoms with Crippen LogP contribution in [0, 0.1) is 11.3 Å². The fraction of sp³-hybridized carbons (Fsp3) is 0.619. The molecule has 0 atom stereocenters. The monoisotopic (exact) mass is 426 g/mol. The molecule has 1 saturated heterocycles. The highest BCUT2D eigenvalue weighted by molar-refractivity contribution is 6.19. The number of carbonyl (C=O) groups is 2. The number of hydrogen-bond donors (Lipinski definition) is 1. The molecule has 0 aromatic heterocycles. The Labute approximate surface area is 177 Å². The third-order valence-electron chi connectivity index (χ3n) is 5.31. The fourth-order valence-electron chi connectivity index (χ4n) is 3.26. The summed E-state index contributed by atoms with van der Waals surface area (Å²) in [4.78, 5) is 27.0. The van der Waals surface area contributed by atoms with E-state index in [9.17, 15) is 9.59 Å². The van der Waals surface area contributed by atoms with Crippen molar-refractivity contribution in [2.45, 2.75) is 26.7 Å². The number of rotatable bonds is 8. The number of benzene rings is 1. The molecule has 1 aliphatic rings. The van der Waals surface area contributed by atoms with Crippen LogP contribution in [0.1, 0.15) is 37.0 Å². The van der Waals surface area contributed by atoms with Gasteiger partial charge in [0, 0.05) is 31.1 Å². The Morgan fingerprint density at radius 3 is 2.10 bits per heavy atom. The van der Waals surface area contributed by atoms with Gasteiger partial charge < -0.3 is 24.4 Å². The summed E-state index contributed by atoms with van der Waals surface area (Å²) in [6.07, 6.45) is 1.66. The van der Waals surface area contributed by atoms with Crippen LogP contribution in [0.2, 0.25) is 0 Å². The summed E-state index contributed by atoms with van der Waals surface area (Å²) in [6, 6.07) is 3.34. The van der Waals surface area contributed by atoms with Crippen molar-refractivity contribution in [3.63, 3.8) is 0 Å². The Hall–Kier alpha value is -2.15. The topological polar surface area (TPSA) is 77.1 Å². The summed E-state index contributed by atoms with van der Waals surface area (Å²) in [5.41, 5.74) is -0.0832. The molecule has 1 fully saturated rings. The number of nitrogens with one attached hydrogen (secondary N) is 1. The highest BCUT2D eigenvalue weighted by atomic mass is 35.5. The Balaban J connectivity index is 1.97. The minimum absolute atomic E-state index is 0.0385. The summed E-state index contributed by atoms with van der Waals surface area (Å²) in [5.74, 6) is 1.87. The summed E-state index contributed by atoms with van der Waals surface area (Å²) < 4.78 is 16.0. The quantitative estimate of drug-likeness (QED) is 0.647. The molecule has 29 heavy (non-hydrogen) atoms. The molecule has 0 bridgehead atoms. The van der Waals surface area contributed by atoms with E-state index < -0.39 is 5.41 Å². The van der Waals surface area contributed by atoms with Crippen molar-refractivity contribution >= 4 is 23.4 Å². The first-order valence-electron chi connectivity index (χ1n) is 9.71. The molecule has 0 spiro atoms. The number of carbonyl (C=O) groups excluding carboxylic acids is 2. The van der Waals surface area contributed by atoms with Gasteiger partial charge in [0.25, 0.3) is 5.91 Å². The van der Waals surface area contributed by atoms with E-state index in [-0.39, 0.29) is 17.7 Å². The van der Waals surface area contributed by atoms with E-state index in [0.717, 1.165) is 12.8 Å². The van der Waals surface area contributed by atoms with Gasteiger partial charge in [-0.15, -0.1) is 11.6 Å². The maximum atomic E-state index is 13.0. The van der Waals surface area contributed by atoms with Gasteiger partial charge in [-0.1, -0.05) is 0 Å². The first-order chi connectivity index (χ1) is 13.8. The first-order valence-corrected chi connectivity index (χ1v) is 10.2. The molecule has 0 aliphatic carbocycles. The average molecular weight is 427 g/mol. The number of amides is 2. The van der Waals surface area contributed by atoms with Gasteiger partial charge >= 0.3 is 0 Å². The molecule has 1 heterocycles. The lowest BCUT2D eigenvalue weighted by Crippen LogP contribution is -2.44. The predicted molar refractivity (Wildman–Crippen MR) is 112 cm³/mol. The van der Waals surface area contributed by atoms with Crippen LogP contribution in [0.3, 0.4) is 0 Å². The van der Waals surface area contributed by atoms with Gasteiger partial charge in [0.1, 0.15) is 0 Å². The molecule has 2 rings (SSSR count). The Morgan fingerprint density at radius 1 is 1.10 bits per heavy atom. The summed E-state index contributed by atoms with van der Waals surface area (Å²) in [6.45, 7) is 5.53. The van der Waals surface area contributed by atoms with Crippen LogP contribution in [0.25, 0.3) is 0 Å². The van der Waals surface area contributed by atoms with Crippen molar-refractivity contribution < 1.29 is 23.8 Å². The molecular weight excluding hydrogens is 396 g/mol. The van der Waals surface area contributed by atoms with Gasteiger partial charge in [0.15, 0.2) is 11.5 Å². The highest BCUT2D eigenvalue weighted by Crippen LogP contribution is 2.38. The van der Waals surface area contributed by atoms with Crippen LogP contribution in [0.5, 0.6) is 17.2 Å². The van der Waals surface area contributed by atoms with Crippen LogP contribution in [0.4, 0.5) is 0 Å². The summed E-state index contributed by atoms with van der Waals surface area (Å²) in [5, 5.41) is 2.99. The zero-order chi connectivity index (χ0) is 21.6. The van der Waals surface area contributed by atoms with E-state index >= 15 is 0 Å². The fourth-order valence-corrected chi connectivity index (χ4v) is 3.39. The molecular formula is C21H31ClN2O5. The molecule has 162 valence electrons. The molecule has 2 amide bonds. The standard InChI is InChI=1S/C21H31ClN2O5/c1-21(2,13-22)20(26)23-12-14-6-8-24(9-7-14)19(25)15-10-16(27-3)18(29-5)17(11-15)28-4/h10-11,14H,6-9,12-13H2,1-5H3,(H,23,26). The van der Waals surface area contributed by atoms with Crippen molar-refractivity contribution in [3.8, 4) is 17.2 Å². The predicted octanol–water partition coefficient (Wildman–Crippen LogP) is 2.95. The number of hydrogen-bond acceptors (Lipinski definition) is 5. The van der Waals surface area contributed by atoms with E-state index in [0.29, 0.717) is 48.4 Å². The van der Waals surface area contributed by atoms with Crippen LogP contribution >= 0.6 is 11.6 Å². The second kappa shape index (κ2) is 10.1. The van der Waals surface area contributed by atoms with Gasteiger partial charge in [-0.2, -0.15) is 0 Å². The zero-order valence-electron chi connectivity index (χ0n) is 17.8. The molecule has 7 nitrogen and oxygen atoms in total. The molecule has 1 aromatic carbocycles. The molecule has 1 N–H and O–H groups in total. The van der Waals surface area contributed by atoms with Gasteiger partial charge in [-0.05, 0) is 44.7 Å². The minimum Gasteiger partial charge on any atom is -0.493 e. The number of likely N-dealkylation sites (tertiary alicyclic amines) is 1. The summed E-state index contributed by atoms with van der Waals surface area (Å²) >= 11 is 5.85. The van der Waals surface area contributed by atoms with Crippen molar-refractivity contribution in [2.24, 2.45) is 11.3 Å². The molecule has 0 radical (unpaired) electrons. The molecule has 1 aliphatic heterocycles. The summed E-state index contributed by atoms with van der Waals surface area (Å²) in [7, 11) is 4.58. The minimum atomic E-state index is -0.579. The Kier molecular flexibility index (Phi) is 8.02. The van der Waals surface area contributed by atoms with E-state index in [1.54, 1.807) is 12.1 Å². The largest absolute Gasteiger partial charge is 0.493 e. The number of ether oxygens (including phenoxy) is 3. The van der Waals surface area contributed by atoms with Crippen molar-refractivity contribution in [3.05, 3.63) is 17.7 Å². The highest BCUT2D eigenvalue weighted by Gasteiger charge is 2.29. The molecule has 0 unspecified atom stereocenters. The van der Waals surface area contributed by atoms with Crippen molar-refractivity contribution in [1.29, 1.82) is 0 Å². The van der Waals surface area contributed by atoms with Crippen molar-refractivity contribution in [1.82, 2.24) is 10.2 Å².